The molecule has 1 N–H and O–H groups in total. The Balaban J connectivity index is 2.56. The Hall–Kier alpha value is -0.940. The lowest BCUT2D eigenvalue weighted by Crippen LogP contribution is -1.96. The quantitative estimate of drug-likeness (QED) is 0.806. The van der Waals surface area contributed by atoms with Crippen molar-refractivity contribution in [2.45, 2.75) is 26.2 Å². The first-order valence-corrected chi connectivity index (χ1v) is 5.61. The number of nitrogens with zero attached hydrogens (tertiary/aromatic N) is 1. The van der Waals surface area contributed by atoms with Gasteiger partial charge >= 0.3 is 5.97 Å². The van der Waals surface area contributed by atoms with Crippen molar-refractivity contribution in [2.75, 3.05) is 13.7 Å². The first kappa shape index (κ1) is 12.1. The standard InChI is InChI=1S/C10H15NO3S/c1-7-8(3-4-10(12)13)15-9(11-7)5-6-14-2/h3-6H2,1-2H3,(H,12,13). The molecular formula is C10H15NO3S. The Morgan fingerprint density at radius 3 is 2.87 bits per heavy atom. The van der Waals surface area contributed by atoms with Crippen LogP contribution < -0.4 is 0 Å². The third-order valence-electron chi connectivity index (χ3n) is 2.02. The maximum absolute atomic E-state index is 10.4. The van der Waals surface area contributed by atoms with Crippen LogP contribution in [0.15, 0.2) is 0 Å². The molecule has 0 spiro atoms. The van der Waals surface area contributed by atoms with Crippen LogP contribution in [0.3, 0.4) is 0 Å². The number of ether oxygens (including phenoxy) is 1. The molecule has 0 unspecified atom stereocenters. The number of aliphatic carboxylic acids is 1. The molecular weight excluding hydrogens is 214 g/mol. The number of methoxy groups -OCH3 is 1. The summed E-state index contributed by atoms with van der Waals surface area (Å²) in [6.45, 7) is 2.58. The van der Waals surface area contributed by atoms with E-state index in [0.29, 0.717) is 13.0 Å². The van der Waals surface area contributed by atoms with Crippen molar-refractivity contribution < 1.29 is 14.6 Å². The molecule has 4 nitrogen and oxygen atoms in total. The smallest absolute Gasteiger partial charge is 0.303 e. The summed E-state index contributed by atoms with van der Waals surface area (Å²) in [5, 5.41) is 9.60. The van der Waals surface area contributed by atoms with E-state index in [2.05, 4.69) is 4.98 Å². The molecule has 0 radical (unpaired) electrons. The van der Waals surface area contributed by atoms with Crippen molar-refractivity contribution in [1.82, 2.24) is 4.98 Å². The number of aryl methyl sites for hydroxylation is 2. The van der Waals surface area contributed by atoms with Gasteiger partial charge in [0.05, 0.1) is 23.7 Å². The molecule has 0 aliphatic rings. The largest absolute Gasteiger partial charge is 0.481 e. The molecule has 1 rings (SSSR count). The van der Waals surface area contributed by atoms with Crippen LogP contribution in [0.5, 0.6) is 0 Å². The molecule has 1 aromatic rings. The third-order valence-corrected chi connectivity index (χ3v) is 3.30. The van der Waals surface area contributed by atoms with E-state index < -0.39 is 5.97 Å². The van der Waals surface area contributed by atoms with Gasteiger partial charge in [-0.25, -0.2) is 4.98 Å². The number of hydrogen-bond donors (Lipinski definition) is 1. The summed E-state index contributed by atoms with van der Waals surface area (Å²) in [6, 6.07) is 0. The molecule has 0 aromatic carbocycles. The monoisotopic (exact) mass is 229 g/mol. The van der Waals surface area contributed by atoms with E-state index in [4.69, 9.17) is 9.84 Å². The summed E-state index contributed by atoms with van der Waals surface area (Å²) in [5.41, 5.74) is 0.951. The van der Waals surface area contributed by atoms with E-state index in [0.717, 1.165) is 22.0 Å². The van der Waals surface area contributed by atoms with Gasteiger partial charge in [-0.2, -0.15) is 0 Å². The van der Waals surface area contributed by atoms with Crippen LogP contribution >= 0.6 is 11.3 Å². The van der Waals surface area contributed by atoms with Gasteiger partial charge in [-0.05, 0) is 13.3 Å². The molecule has 0 fully saturated rings. The fourth-order valence-electron chi connectivity index (χ4n) is 1.24. The number of aromatic nitrogens is 1. The van der Waals surface area contributed by atoms with Crippen molar-refractivity contribution in [1.29, 1.82) is 0 Å². The van der Waals surface area contributed by atoms with Crippen LogP contribution in [0.1, 0.15) is 22.0 Å². The number of hydrogen-bond acceptors (Lipinski definition) is 4. The first-order chi connectivity index (χ1) is 7.13. The highest BCUT2D eigenvalue weighted by atomic mass is 32.1. The fourth-order valence-corrected chi connectivity index (χ4v) is 2.29. The maximum atomic E-state index is 10.4. The Labute approximate surface area is 92.9 Å². The van der Waals surface area contributed by atoms with Gasteiger partial charge in [0.1, 0.15) is 0 Å². The van der Waals surface area contributed by atoms with Crippen LogP contribution in [0, 0.1) is 6.92 Å². The topological polar surface area (TPSA) is 59.4 Å². The number of carbonyl (C=O) groups is 1. The van der Waals surface area contributed by atoms with Crippen LogP contribution in [0.25, 0.3) is 0 Å². The minimum Gasteiger partial charge on any atom is -0.481 e. The van der Waals surface area contributed by atoms with E-state index in [1.54, 1.807) is 18.4 Å². The summed E-state index contributed by atoms with van der Waals surface area (Å²) in [4.78, 5) is 15.9. The highest BCUT2D eigenvalue weighted by molar-refractivity contribution is 7.11. The Bertz CT molecular complexity index is 335. The number of carboxylic acids is 1. The van der Waals surface area contributed by atoms with Gasteiger partial charge < -0.3 is 9.84 Å². The molecule has 15 heavy (non-hydrogen) atoms. The molecule has 0 aliphatic carbocycles. The second-order valence-electron chi connectivity index (χ2n) is 3.25. The van der Waals surface area contributed by atoms with Gasteiger partial charge in [-0.1, -0.05) is 0 Å². The zero-order valence-electron chi connectivity index (χ0n) is 8.95. The molecule has 0 bridgehead atoms. The molecule has 1 heterocycles. The van der Waals surface area contributed by atoms with Gasteiger partial charge in [0.15, 0.2) is 0 Å². The molecule has 1 aromatic heterocycles. The van der Waals surface area contributed by atoms with Crippen LogP contribution in [-0.4, -0.2) is 29.8 Å². The zero-order valence-corrected chi connectivity index (χ0v) is 9.76. The predicted octanol–water partition coefficient (Wildman–Crippen LogP) is 1.66. The highest BCUT2D eigenvalue weighted by Crippen LogP contribution is 2.20. The van der Waals surface area contributed by atoms with Gasteiger partial charge in [0.2, 0.25) is 0 Å². The Morgan fingerprint density at radius 2 is 2.27 bits per heavy atom. The van der Waals surface area contributed by atoms with E-state index in [1.165, 1.54) is 0 Å². The second-order valence-corrected chi connectivity index (χ2v) is 4.42. The van der Waals surface area contributed by atoms with Crippen molar-refractivity contribution in [2.24, 2.45) is 0 Å². The van der Waals surface area contributed by atoms with Gasteiger partial charge in [0.25, 0.3) is 0 Å². The number of carboxylic acid groups (broad SMARTS) is 1. The van der Waals surface area contributed by atoms with Gasteiger partial charge in [-0.15, -0.1) is 11.3 Å². The van der Waals surface area contributed by atoms with Crippen molar-refractivity contribution in [3.8, 4) is 0 Å². The SMILES string of the molecule is COCCc1nc(C)c(CCC(=O)O)s1. The summed E-state index contributed by atoms with van der Waals surface area (Å²) in [7, 11) is 1.66. The molecule has 5 heteroatoms. The van der Waals surface area contributed by atoms with Crippen LogP contribution in [-0.2, 0) is 22.4 Å². The number of thiazole rings is 1. The van der Waals surface area contributed by atoms with E-state index in [9.17, 15) is 4.79 Å². The highest BCUT2D eigenvalue weighted by Gasteiger charge is 2.08. The van der Waals surface area contributed by atoms with E-state index in [-0.39, 0.29) is 6.42 Å². The van der Waals surface area contributed by atoms with E-state index in [1.807, 2.05) is 6.92 Å². The lowest BCUT2D eigenvalue weighted by molar-refractivity contribution is -0.136. The van der Waals surface area contributed by atoms with Crippen molar-refractivity contribution in [3.05, 3.63) is 15.6 Å². The lowest BCUT2D eigenvalue weighted by Gasteiger charge is -1.93. The summed E-state index contributed by atoms with van der Waals surface area (Å²) >= 11 is 1.59. The summed E-state index contributed by atoms with van der Waals surface area (Å²) < 4.78 is 4.97. The minimum absolute atomic E-state index is 0.173. The average Bonchev–Trinajstić information content (AvgIpc) is 2.53. The van der Waals surface area contributed by atoms with Gasteiger partial charge in [0, 0.05) is 18.4 Å². The number of rotatable bonds is 6. The maximum Gasteiger partial charge on any atom is 0.303 e. The molecule has 0 saturated carbocycles. The zero-order chi connectivity index (χ0) is 11.3. The van der Waals surface area contributed by atoms with E-state index >= 15 is 0 Å². The average molecular weight is 229 g/mol. The molecule has 84 valence electrons. The second kappa shape index (κ2) is 5.82. The molecule has 0 amide bonds. The Kier molecular flexibility index (Phi) is 4.71. The minimum atomic E-state index is -0.763. The van der Waals surface area contributed by atoms with Crippen LogP contribution in [0.4, 0.5) is 0 Å². The normalized spacial score (nSPS) is 10.5. The first-order valence-electron chi connectivity index (χ1n) is 4.79. The van der Waals surface area contributed by atoms with Gasteiger partial charge in [-0.3, -0.25) is 4.79 Å². The Morgan fingerprint density at radius 1 is 1.53 bits per heavy atom. The fraction of sp³-hybridized carbons (Fsp3) is 0.600. The van der Waals surface area contributed by atoms with Crippen LogP contribution in [0.2, 0.25) is 0 Å². The molecule has 0 atom stereocenters. The predicted molar refractivity (Wildman–Crippen MR) is 58.4 cm³/mol. The molecule has 0 saturated heterocycles. The summed E-state index contributed by atoms with van der Waals surface area (Å²) in [6.07, 6.45) is 1.55. The molecule has 0 aliphatic heterocycles. The lowest BCUT2D eigenvalue weighted by atomic mass is 10.2. The van der Waals surface area contributed by atoms with Crippen molar-refractivity contribution in [3.63, 3.8) is 0 Å². The van der Waals surface area contributed by atoms with Crippen molar-refractivity contribution >= 4 is 17.3 Å². The third kappa shape index (κ3) is 3.97. The summed E-state index contributed by atoms with van der Waals surface area (Å²) in [5.74, 6) is -0.763.